The van der Waals surface area contributed by atoms with Gasteiger partial charge in [-0.3, -0.25) is 4.98 Å². The van der Waals surface area contributed by atoms with Gasteiger partial charge < -0.3 is 9.73 Å². The summed E-state index contributed by atoms with van der Waals surface area (Å²) in [6.45, 7) is 1.87. The van der Waals surface area contributed by atoms with Gasteiger partial charge in [-0.1, -0.05) is 5.92 Å². The largest absolute Gasteiger partial charge is 0.417 e. The van der Waals surface area contributed by atoms with Crippen LogP contribution in [0.4, 0.5) is 11.5 Å². The molecule has 0 aliphatic carbocycles. The quantitative estimate of drug-likeness (QED) is 0.372. The van der Waals surface area contributed by atoms with Crippen molar-refractivity contribution in [3.63, 3.8) is 0 Å². The lowest BCUT2D eigenvalue weighted by Crippen LogP contribution is -1.98. The Hall–Kier alpha value is -4.42. The second kappa shape index (κ2) is 8.17. The lowest BCUT2D eigenvalue weighted by molar-refractivity contribution is 0.555. The van der Waals surface area contributed by atoms with E-state index in [0.29, 0.717) is 28.3 Å². The molecule has 9 heteroatoms. The van der Waals surface area contributed by atoms with E-state index in [1.54, 1.807) is 48.8 Å². The average Bonchev–Trinajstić information content (AvgIpc) is 3.20. The number of hydrogen-bond acceptors (Lipinski definition) is 7. The van der Waals surface area contributed by atoms with Gasteiger partial charge >= 0.3 is 5.76 Å². The van der Waals surface area contributed by atoms with Gasteiger partial charge in [0.1, 0.15) is 11.5 Å². The molecule has 5 aromatic rings. The van der Waals surface area contributed by atoms with Crippen LogP contribution < -0.4 is 11.1 Å². The number of oxazole rings is 1. The number of rotatable bonds is 3. The summed E-state index contributed by atoms with van der Waals surface area (Å²) in [7, 11) is -3.26. The third-order valence-electron chi connectivity index (χ3n) is 5.37. The van der Waals surface area contributed by atoms with Gasteiger partial charge in [-0.25, -0.2) is 23.2 Å². The molecule has 0 amide bonds. The lowest BCUT2D eigenvalue weighted by Gasteiger charge is -2.08. The highest BCUT2D eigenvalue weighted by Gasteiger charge is 2.09. The average molecular weight is 475 g/mol. The molecule has 0 saturated heterocycles. The van der Waals surface area contributed by atoms with Crippen LogP contribution in [0.25, 0.3) is 21.9 Å². The Bertz CT molecular complexity index is 1800. The number of anilines is 2. The van der Waals surface area contributed by atoms with Crippen molar-refractivity contribution in [3.8, 4) is 11.8 Å². The van der Waals surface area contributed by atoms with Gasteiger partial charge in [0, 0.05) is 43.5 Å². The SMILES string of the molecule is Cc1c(C#Cc2nccc3cnc(Nc4ccc(S(C)(=O)=O)cc4)cc23)ccc2oc(=O)[nH]c12.[HH].[HH]. The molecule has 0 aliphatic rings. The zero-order valence-electron chi connectivity index (χ0n) is 18.2. The van der Waals surface area contributed by atoms with E-state index in [1.807, 2.05) is 19.1 Å². The number of aryl methyl sites for hydroxylation is 1. The van der Waals surface area contributed by atoms with E-state index < -0.39 is 15.6 Å². The molecule has 0 radical (unpaired) electrons. The summed E-state index contributed by atoms with van der Waals surface area (Å²) in [4.78, 5) is 23.3. The van der Waals surface area contributed by atoms with E-state index >= 15 is 0 Å². The molecule has 3 aromatic heterocycles. The first-order valence-corrected chi connectivity index (χ1v) is 12.1. The third-order valence-corrected chi connectivity index (χ3v) is 6.50. The molecule has 0 saturated carbocycles. The normalized spacial score (nSPS) is 11.4. The number of sulfone groups is 1. The maximum absolute atomic E-state index is 11.7. The highest BCUT2D eigenvalue weighted by Crippen LogP contribution is 2.23. The molecule has 0 unspecified atom stereocenters. The Morgan fingerprint density at radius 2 is 1.85 bits per heavy atom. The number of benzene rings is 2. The molecule has 3 heterocycles. The number of pyridine rings is 2. The van der Waals surface area contributed by atoms with Crippen molar-refractivity contribution in [2.45, 2.75) is 11.8 Å². The van der Waals surface area contributed by atoms with Gasteiger partial charge in [0.15, 0.2) is 15.4 Å². The van der Waals surface area contributed by atoms with E-state index in [4.69, 9.17) is 4.42 Å². The standard InChI is InChI=1S/C25H18N4O4S.2H2/c1-15-16(4-10-22-24(15)29-25(30)33-22)3-9-21-20-13-23(27-14-17(20)11-12-26-21)28-18-5-7-19(8-6-18)34(2,31)32;;/h4-8,10-14H,1-2H3,(H,27,28)(H,29,30);2*1H. The molecule has 2 N–H and O–H groups in total. The summed E-state index contributed by atoms with van der Waals surface area (Å²) in [5.74, 6) is 6.33. The molecule has 0 aliphatic heterocycles. The van der Waals surface area contributed by atoms with E-state index in [9.17, 15) is 13.2 Å². The van der Waals surface area contributed by atoms with Crippen molar-refractivity contribution in [3.05, 3.63) is 88.3 Å². The van der Waals surface area contributed by atoms with Crippen LogP contribution >= 0.6 is 0 Å². The number of H-pyrrole nitrogens is 1. The Kier molecular flexibility index (Phi) is 5.15. The fourth-order valence-electron chi connectivity index (χ4n) is 3.58. The van der Waals surface area contributed by atoms with E-state index in [2.05, 4.69) is 32.1 Å². The summed E-state index contributed by atoms with van der Waals surface area (Å²) < 4.78 is 28.4. The molecule has 0 atom stereocenters. The van der Waals surface area contributed by atoms with Crippen LogP contribution in [0.5, 0.6) is 0 Å². The van der Waals surface area contributed by atoms with Gasteiger partial charge in [-0.15, -0.1) is 0 Å². The minimum atomic E-state index is -3.26. The van der Waals surface area contributed by atoms with Gasteiger partial charge in [-0.2, -0.15) is 0 Å². The van der Waals surface area contributed by atoms with Crippen molar-refractivity contribution < 1.29 is 15.7 Å². The number of nitrogens with zero attached hydrogens (tertiary/aromatic N) is 2. The van der Waals surface area contributed by atoms with Gasteiger partial charge in [-0.05, 0) is 66.9 Å². The number of aromatic amines is 1. The molecule has 2 aromatic carbocycles. The molecule has 0 bridgehead atoms. The van der Waals surface area contributed by atoms with Crippen molar-refractivity contribution in [1.82, 2.24) is 15.0 Å². The van der Waals surface area contributed by atoms with Crippen molar-refractivity contribution in [1.29, 1.82) is 0 Å². The molecule has 8 nitrogen and oxygen atoms in total. The van der Waals surface area contributed by atoms with Crippen LogP contribution in [0.15, 0.2) is 75.0 Å². The molecule has 0 spiro atoms. The Labute approximate surface area is 197 Å². The monoisotopic (exact) mass is 474 g/mol. The summed E-state index contributed by atoms with van der Waals surface area (Å²) in [6.07, 6.45) is 4.57. The zero-order valence-corrected chi connectivity index (χ0v) is 19.0. The van der Waals surface area contributed by atoms with Crippen LogP contribution in [-0.4, -0.2) is 29.6 Å². The first kappa shape index (κ1) is 21.4. The zero-order chi connectivity index (χ0) is 23.9. The summed E-state index contributed by atoms with van der Waals surface area (Å²) in [6, 6.07) is 13.7. The lowest BCUT2D eigenvalue weighted by atomic mass is 10.1. The number of aromatic nitrogens is 3. The summed E-state index contributed by atoms with van der Waals surface area (Å²) in [5, 5.41) is 4.88. The summed E-state index contributed by atoms with van der Waals surface area (Å²) >= 11 is 0. The number of nitrogens with one attached hydrogen (secondary N) is 2. The van der Waals surface area contributed by atoms with Crippen LogP contribution in [-0.2, 0) is 9.84 Å². The van der Waals surface area contributed by atoms with Crippen molar-refractivity contribution in [2.75, 3.05) is 11.6 Å². The Morgan fingerprint density at radius 3 is 2.62 bits per heavy atom. The van der Waals surface area contributed by atoms with Crippen LogP contribution in [0.3, 0.4) is 0 Å². The van der Waals surface area contributed by atoms with E-state index in [0.717, 1.165) is 21.9 Å². The molecule has 172 valence electrons. The highest BCUT2D eigenvalue weighted by atomic mass is 32.2. The molecule has 0 fully saturated rings. The van der Waals surface area contributed by atoms with Crippen LogP contribution in [0.2, 0.25) is 0 Å². The fraction of sp³-hybridized carbons (Fsp3) is 0.0800. The molecule has 5 rings (SSSR count). The second-order valence-electron chi connectivity index (χ2n) is 7.75. The first-order chi connectivity index (χ1) is 16.3. The predicted octanol–water partition coefficient (Wildman–Crippen LogP) is 4.41. The van der Waals surface area contributed by atoms with Crippen LogP contribution in [0.1, 0.15) is 19.7 Å². The number of fused-ring (bicyclic) bond motifs is 2. The highest BCUT2D eigenvalue weighted by molar-refractivity contribution is 7.90. The Morgan fingerprint density at radius 1 is 1.06 bits per heavy atom. The number of hydrogen-bond donors (Lipinski definition) is 2. The van der Waals surface area contributed by atoms with Crippen molar-refractivity contribution in [2.24, 2.45) is 0 Å². The minimum absolute atomic E-state index is 0. The van der Waals surface area contributed by atoms with Crippen molar-refractivity contribution >= 4 is 43.2 Å². The molecular formula is C25H22N4O4S. The van der Waals surface area contributed by atoms with Gasteiger partial charge in [0.05, 0.1) is 10.4 Å². The van der Waals surface area contributed by atoms with E-state index in [1.165, 1.54) is 6.26 Å². The predicted molar refractivity (Wildman–Crippen MR) is 134 cm³/mol. The Balaban J connectivity index is 0.00000180. The maximum atomic E-state index is 11.7. The molecule has 34 heavy (non-hydrogen) atoms. The van der Waals surface area contributed by atoms with Gasteiger partial charge in [0.25, 0.3) is 0 Å². The third kappa shape index (κ3) is 4.14. The summed E-state index contributed by atoms with van der Waals surface area (Å²) in [5.41, 5.74) is 3.96. The smallest absolute Gasteiger partial charge is 0.408 e. The minimum Gasteiger partial charge on any atom is -0.408 e. The fourth-order valence-corrected chi connectivity index (χ4v) is 4.21. The first-order valence-electron chi connectivity index (χ1n) is 10.2. The maximum Gasteiger partial charge on any atom is 0.417 e. The molecular weight excluding hydrogens is 452 g/mol. The topological polar surface area (TPSA) is 118 Å². The van der Waals surface area contributed by atoms with Crippen LogP contribution in [0, 0.1) is 18.8 Å². The van der Waals surface area contributed by atoms with E-state index in [-0.39, 0.29) is 7.75 Å². The second-order valence-corrected chi connectivity index (χ2v) is 9.76. The van der Waals surface area contributed by atoms with Gasteiger partial charge in [0.2, 0.25) is 0 Å².